The summed E-state index contributed by atoms with van der Waals surface area (Å²) in [5, 5.41) is 8.02. The normalized spacial score (nSPS) is 11.5. The van der Waals surface area contributed by atoms with E-state index in [-0.39, 0.29) is 5.92 Å². The molecule has 0 aromatic heterocycles. The number of nitrogens with two attached hydrogens (primary N) is 1. The Hall–Kier alpha value is -1.04. The first-order valence-electron chi connectivity index (χ1n) is 2.46. The maximum atomic E-state index is 8.02. The van der Waals surface area contributed by atoms with E-state index >= 15 is 0 Å². The number of rotatable bonds is 1. The predicted molar refractivity (Wildman–Crippen MR) is 30.6 cm³/mol. The summed E-state index contributed by atoms with van der Waals surface area (Å²) in [6.45, 7) is 3.83. The molecular formula is C5H10N3+. The topological polar surface area (TPSA) is 63.8 Å². The molecule has 0 fully saturated rings. The van der Waals surface area contributed by atoms with Gasteiger partial charge in [-0.05, 0) is 0 Å². The Balaban J connectivity index is 3.85. The van der Waals surface area contributed by atoms with E-state index < -0.39 is 0 Å². The Labute approximate surface area is 48.8 Å². The predicted octanol–water partition coefficient (Wildman–Crippen LogP) is -1.44. The van der Waals surface area contributed by atoms with Gasteiger partial charge in [0.05, 0.1) is 0 Å². The largest absolute Gasteiger partial charge is 0.367 e. The van der Waals surface area contributed by atoms with Crippen LogP contribution in [0.1, 0.15) is 13.8 Å². The third-order valence-electron chi connectivity index (χ3n) is 0.822. The van der Waals surface area contributed by atoms with Crippen molar-refractivity contribution >= 4 is 5.84 Å². The molecule has 0 saturated carbocycles. The van der Waals surface area contributed by atoms with Crippen molar-refractivity contribution in [2.45, 2.75) is 13.8 Å². The quantitative estimate of drug-likeness (QED) is 0.189. The van der Waals surface area contributed by atoms with Gasteiger partial charge >= 0.3 is 6.19 Å². The molecule has 8 heavy (non-hydrogen) atoms. The molecule has 3 nitrogen and oxygen atoms in total. The number of hydrogen-bond donors (Lipinski definition) is 2. The van der Waals surface area contributed by atoms with Crippen molar-refractivity contribution in [2.75, 3.05) is 0 Å². The Kier molecular flexibility index (Phi) is 2.63. The summed E-state index contributed by atoms with van der Waals surface area (Å²) >= 11 is 0. The molecule has 0 spiro atoms. The molecule has 44 valence electrons. The van der Waals surface area contributed by atoms with E-state index in [4.69, 9.17) is 11.0 Å². The van der Waals surface area contributed by atoms with Crippen molar-refractivity contribution in [3.63, 3.8) is 0 Å². The average molecular weight is 112 g/mol. The average Bonchev–Trinajstić information content (AvgIpc) is 1.67. The summed E-state index contributed by atoms with van der Waals surface area (Å²) < 4.78 is 0. The van der Waals surface area contributed by atoms with Gasteiger partial charge in [0.1, 0.15) is 0 Å². The molecule has 3 heteroatoms. The minimum absolute atomic E-state index is 0.231. The molecule has 0 aliphatic carbocycles. The van der Waals surface area contributed by atoms with Crippen molar-refractivity contribution in [1.82, 2.24) is 0 Å². The lowest BCUT2D eigenvalue weighted by atomic mass is 10.2. The fourth-order valence-corrected chi connectivity index (χ4v) is 0.209. The van der Waals surface area contributed by atoms with Crippen molar-refractivity contribution in [3.05, 3.63) is 0 Å². The van der Waals surface area contributed by atoms with Crippen LogP contribution in [0.25, 0.3) is 0 Å². The number of amidine groups is 1. The smallest absolute Gasteiger partial charge is 0.322 e. The zero-order valence-electron chi connectivity index (χ0n) is 5.10. The van der Waals surface area contributed by atoms with Gasteiger partial charge in [0.2, 0.25) is 5.84 Å². The first kappa shape index (κ1) is 6.96. The van der Waals surface area contributed by atoms with Gasteiger partial charge in [0, 0.05) is 11.2 Å². The highest BCUT2D eigenvalue weighted by Crippen LogP contribution is 1.82. The molecule has 0 amide bonds. The zero-order valence-corrected chi connectivity index (χ0v) is 5.10. The fraction of sp³-hybridized carbons (Fsp3) is 0.600. The van der Waals surface area contributed by atoms with E-state index in [9.17, 15) is 0 Å². The van der Waals surface area contributed by atoms with Gasteiger partial charge in [-0.1, -0.05) is 13.8 Å². The van der Waals surface area contributed by atoms with Gasteiger partial charge in [0.15, 0.2) is 0 Å². The van der Waals surface area contributed by atoms with Crippen molar-refractivity contribution in [1.29, 1.82) is 5.26 Å². The lowest BCUT2D eigenvalue weighted by Gasteiger charge is -1.93. The molecule has 0 aliphatic rings. The van der Waals surface area contributed by atoms with Crippen LogP contribution in [0.15, 0.2) is 0 Å². The monoisotopic (exact) mass is 112 g/mol. The highest BCUT2D eigenvalue weighted by atomic mass is 14.8. The second-order valence-electron chi connectivity index (χ2n) is 1.85. The standard InChI is InChI=1S/C5H9N3/c1-4(2)5(7)8-3-6/h4H,1-2H3,(H2,7,8)/p+1. The van der Waals surface area contributed by atoms with Crippen LogP contribution in [0.4, 0.5) is 0 Å². The van der Waals surface area contributed by atoms with Crippen LogP contribution in [0.2, 0.25) is 0 Å². The highest BCUT2D eigenvalue weighted by Gasteiger charge is 2.00. The summed E-state index contributed by atoms with van der Waals surface area (Å²) in [4.78, 5) is 2.34. The lowest BCUT2D eigenvalue weighted by molar-refractivity contribution is -0.356. The summed E-state index contributed by atoms with van der Waals surface area (Å²) in [5.41, 5.74) is 5.31. The van der Waals surface area contributed by atoms with E-state index in [0.717, 1.165) is 0 Å². The van der Waals surface area contributed by atoms with Crippen LogP contribution in [0, 0.1) is 17.4 Å². The van der Waals surface area contributed by atoms with E-state index in [1.807, 2.05) is 13.8 Å². The van der Waals surface area contributed by atoms with E-state index in [1.165, 1.54) is 0 Å². The summed E-state index contributed by atoms with van der Waals surface area (Å²) in [6, 6.07) is 0. The van der Waals surface area contributed by atoms with Crippen LogP contribution in [0.5, 0.6) is 0 Å². The number of nitrogens with zero attached hydrogens (tertiary/aromatic N) is 1. The summed E-state index contributed by atoms with van der Waals surface area (Å²) in [6.07, 6.45) is 1.74. The van der Waals surface area contributed by atoms with Crippen LogP contribution in [0.3, 0.4) is 0 Å². The molecule has 0 radical (unpaired) electrons. The summed E-state index contributed by atoms with van der Waals surface area (Å²) in [7, 11) is 0. The molecular weight excluding hydrogens is 102 g/mol. The van der Waals surface area contributed by atoms with Crippen LogP contribution < -0.4 is 10.7 Å². The second-order valence-corrected chi connectivity index (χ2v) is 1.85. The first-order valence-corrected chi connectivity index (χ1v) is 2.46. The zero-order chi connectivity index (χ0) is 6.57. The lowest BCUT2D eigenvalue weighted by Crippen LogP contribution is -2.71. The van der Waals surface area contributed by atoms with E-state index in [1.54, 1.807) is 6.19 Å². The maximum absolute atomic E-state index is 8.02. The molecule has 3 N–H and O–H groups in total. The molecule has 0 rings (SSSR count). The Morgan fingerprint density at radius 1 is 1.75 bits per heavy atom. The minimum Gasteiger partial charge on any atom is -0.322 e. The SMILES string of the molecule is CC(C)C(N)=[NH+]C#N. The Morgan fingerprint density at radius 2 is 2.25 bits per heavy atom. The van der Waals surface area contributed by atoms with Crippen LogP contribution >= 0.6 is 0 Å². The molecule has 0 bridgehead atoms. The van der Waals surface area contributed by atoms with Gasteiger partial charge in [0.25, 0.3) is 0 Å². The third-order valence-corrected chi connectivity index (χ3v) is 0.822. The van der Waals surface area contributed by atoms with Crippen molar-refractivity contribution < 1.29 is 4.99 Å². The first-order chi connectivity index (χ1) is 3.68. The van der Waals surface area contributed by atoms with Crippen LogP contribution in [-0.4, -0.2) is 5.84 Å². The minimum atomic E-state index is 0.231. The number of hydrogen-bond acceptors (Lipinski definition) is 1. The molecule has 0 atom stereocenters. The van der Waals surface area contributed by atoms with Gasteiger partial charge < -0.3 is 5.73 Å². The molecule has 0 aromatic rings. The molecule has 0 saturated heterocycles. The fourth-order valence-electron chi connectivity index (χ4n) is 0.209. The van der Waals surface area contributed by atoms with Gasteiger partial charge in [-0.15, -0.1) is 0 Å². The second kappa shape index (κ2) is 3.03. The van der Waals surface area contributed by atoms with Gasteiger partial charge in [-0.25, -0.2) is 0 Å². The third kappa shape index (κ3) is 2.19. The van der Waals surface area contributed by atoms with Gasteiger partial charge in [-0.3, -0.25) is 0 Å². The maximum Gasteiger partial charge on any atom is 0.367 e. The van der Waals surface area contributed by atoms with E-state index in [2.05, 4.69) is 4.99 Å². The Bertz CT molecular complexity index is 129. The Morgan fingerprint density at radius 3 is 2.38 bits per heavy atom. The molecule has 0 aliphatic heterocycles. The molecule has 0 heterocycles. The number of nitriles is 1. The highest BCUT2D eigenvalue weighted by molar-refractivity contribution is 5.76. The van der Waals surface area contributed by atoms with Crippen LogP contribution in [-0.2, 0) is 0 Å². The molecule has 0 unspecified atom stereocenters. The van der Waals surface area contributed by atoms with Crippen molar-refractivity contribution in [2.24, 2.45) is 11.7 Å². The van der Waals surface area contributed by atoms with Crippen molar-refractivity contribution in [3.8, 4) is 6.19 Å². The summed E-state index contributed by atoms with van der Waals surface area (Å²) in [5.74, 6) is 0.752. The molecule has 0 aromatic carbocycles. The number of nitrogens with one attached hydrogen (secondary N) is 1. The van der Waals surface area contributed by atoms with Gasteiger partial charge in [-0.2, -0.15) is 4.99 Å². The van der Waals surface area contributed by atoms with E-state index in [0.29, 0.717) is 5.84 Å².